The molecule has 2 rings (SSSR count). The van der Waals surface area contributed by atoms with Gasteiger partial charge in [0, 0.05) is 5.56 Å². The molecule has 0 fully saturated rings. The Kier molecular flexibility index (Phi) is 6.37. The van der Waals surface area contributed by atoms with E-state index in [0.717, 1.165) is 12.0 Å². The van der Waals surface area contributed by atoms with E-state index in [9.17, 15) is 9.59 Å². The predicted molar refractivity (Wildman–Crippen MR) is 92.8 cm³/mol. The first-order valence-electron chi connectivity index (χ1n) is 7.82. The van der Waals surface area contributed by atoms with Crippen LogP contribution in [0.2, 0.25) is 0 Å². The first kappa shape index (κ1) is 17.5. The number of hydrogen-bond donors (Lipinski definition) is 1. The quantitative estimate of drug-likeness (QED) is 0.751. The SMILES string of the molecule is CC(C)Oc1ccc(C=O)cc1NC(=O)CCOc1ccccc1. The summed E-state index contributed by atoms with van der Waals surface area (Å²) in [6.45, 7) is 4.06. The number of ether oxygens (including phenoxy) is 2. The van der Waals surface area contributed by atoms with Crippen LogP contribution in [-0.2, 0) is 4.79 Å². The molecule has 0 spiro atoms. The molecule has 0 radical (unpaired) electrons. The van der Waals surface area contributed by atoms with Crippen molar-refractivity contribution in [3.05, 3.63) is 54.1 Å². The van der Waals surface area contributed by atoms with E-state index < -0.39 is 0 Å². The van der Waals surface area contributed by atoms with Crippen molar-refractivity contribution in [2.45, 2.75) is 26.4 Å². The van der Waals surface area contributed by atoms with Crippen molar-refractivity contribution in [2.24, 2.45) is 0 Å². The van der Waals surface area contributed by atoms with E-state index >= 15 is 0 Å². The zero-order valence-electron chi connectivity index (χ0n) is 13.8. The molecule has 1 amide bonds. The molecule has 126 valence electrons. The highest BCUT2D eigenvalue weighted by Crippen LogP contribution is 2.26. The molecule has 5 nitrogen and oxygen atoms in total. The summed E-state index contributed by atoms with van der Waals surface area (Å²) >= 11 is 0. The Labute approximate surface area is 141 Å². The van der Waals surface area contributed by atoms with Crippen LogP contribution in [0.1, 0.15) is 30.6 Å². The first-order chi connectivity index (χ1) is 11.6. The fraction of sp³-hybridized carbons (Fsp3) is 0.263. The highest BCUT2D eigenvalue weighted by atomic mass is 16.5. The van der Waals surface area contributed by atoms with E-state index in [1.807, 2.05) is 44.2 Å². The lowest BCUT2D eigenvalue weighted by molar-refractivity contribution is -0.116. The van der Waals surface area contributed by atoms with Crippen molar-refractivity contribution >= 4 is 17.9 Å². The maximum Gasteiger partial charge on any atom is 0.227 e. The molecule has 1 N–H and O–H groups in total. The topological polar surface area (TPSA) is 64.6 Å². The maximum absolute atomic E-state index is 12.1. The number of benzene rings is 2. The fourth-order valence-electron chi connectivity index (χ4n) is 2.07. The molecule has 0 aromatic heterocycles. The van der Waals surface area contributed by atoms with Crippen LogP contribution in [0.25, 0.3) is 0 Å². The maximum atomic E-state index is 12.1. The Morgan fingerprint density at radius 1 is 1.17 bits per heavy atom. The lowest BCUT2D eigenvalue weighted by Gasteiger charge is -2.15. The minimum absolute atomic E-state index is 0.0378. The highest BCUT2D eigenvalue weighted by Gasteiger charge is 2.11. The van der Waals surface area contributed by atoms with Gasteiger partial charge in [0.2, 0.25) is 5.91 Å². The Morgan fingerprint density at radius 2 is 1.92 bits per heavy atom. The lowest BCUT2D eigenvalue weighted by atomic mass is 10.2. The summed E-state index contributed by atoms with van der Waals surface area (Å²) < 4.78 is 11.2. The Morgan fingerprint density at radius 3 is 2.58 bits per heavy atom. The molecule has 0 heterocycles. The largest absolute Gasteiger partial charge is 0.493 e. The second kappa shape index (κ2) is 8.72. The van der Waals surface area contributed by atoms with Crippen molar-refractivity contribution in [1.29, 1.82) is 0 Å². The molecule has 5 heteroatoms. The number of para-hydroxylation sites is 1. The van der Waals surface area contributed by atoms with Gasteiger partial charge in [0.15, 0.2) is 0 Å². The number of carbonyl (C=O) groups excluding carboxylic acids is 2. The van der Waals surface area contributed by atoms with Gasteiger partial charge in [-0.05, 0) is 44.2 Å². The van der Waals surface area contributed by atoms with Crippen LogP contribution >= 0.6 is 0 Å². The molecule has 2 aromatic carbocycles. The minimum Gasteiger partial charge on any atom is -0.493 e. The third kappa shape index (κ3) is 5.43. The van der Waals surface area contributed by atoms with E-state index in [1.54, 1.807) is 18.2 Å². The average Bonchev–Trinajstić information content (AvgIpc) is 2.57. The number of aldehydes is 1. The van der Waals surface area contributed by atoms with Gasteiger partial charge in [0.05, 0.1) is 24.8 Å². The summed E-state index contributed by atoms with van der Waals surface area (Å²) in [6, 6.07) is 14.2. The molecular formula is C19H21NO4. The van der Waals surface area contributed by atoms with Crippen LogP contribution in [0.4, 0.5) is 5.69 Å². The smallest absolute Gasteiger partial charge is 0.227 e. The van der Waals surface area contributed by atoms with Crippen molar-refractivity contribution < 1.29 is 19.1 Å². The van der Waals surface area contributed by atoms with Crippen LogP contribution in [0.5, 0.6) is 11.5 Å². The van der Waals surface area contributed by atoms with Gasteiger partial charge in [-0.2, -0.15) is 0 Å². The zero-order chi connectivity index (χ0) is 17.4. The van der Waals surface area contributed by atoms with Crippen LogP contribution in [0.15, 0.2) is 48.5 Å². The standard InChI is InChI=1S/C19H21NO4/c1-14(2)24-18-9-8-15(13-21)12-17(18)20-19(22)10-11-23-16-6-4-3-5-7-16/h3-9,12-14H,10-11H2,1-2H3,(H,20,22). The Balaban J connectivity index is 1.95. The van der Waals surface area contributed by atoms with Gasteiger partial charge in [-0.25, -0.2) is 0 Å². The van der Waals surface area contributed by atoms with E-state index in [0.29, 0.717) is 17.0 Å². The molecule has 0 aliphatic heterocycles. The average molecular weight is 327 g/mol. The van der Waals surface area contributed by atoms with Gasteiger partial charge in [-0.3, -0.25) is 9.59 Å². The molecule has 0 saturated carbocycles. The fourth-order valence-corrected chi connectivity index (χ4v) is 2.07. The Bertz CT molecular complexity index is 683. The monoisotopic (exact) mass is 327 g/mol. The van der Waals surface area contributed by atoms with E-state index in [4.69, 9.17) is 9.47 Å². The lowest BCUT2D eigenvalue weighted by Crippen LogP contribution is -2.17. The summed E-state index contributed by atoms with van der Waals surface area (Å²) in [4.78, 5) is 23.0. The van der Waals surface area contributed by atoms with Crippen LogP contribution in [0.3, 0.4) is 0 Å². The third-order valence-corrected chi connectivity index (χ3v) is 3.12. The van der Waals surface area contributed by atoms with Gasteiger partial charge < -0.3 is 14.8 Å². The summed E-state index contributed by atoms with van der Waals surface area (Å²) in [5.74, 6) is 1.05. The molecule has 24 heavy (non-hydrogen) atoms. The predicted octanol–water partition coefficient (Wildman–Crippen LogP) is 3.69. The number of hydrogen-bond acceptors (Lipinski definition) is 4. The van der Waals surface area contributed by atoms with E-state index in [-0.39, 0.29) is 25.0 Å². The van der Waals surface area contributed by atoms with Gasteiger partial charge in [0.25, 0.3) is 0 Å². The Hall–Kier alpha value is -2.82. The van der Waals surface area contributed by atoms with Crippen LogP contribution in [0, 0.1) is 0 Å². The highest BCUT2D eigenvalue weighted by molar-refractivity contribution is 5.93. The minimum atomic E-state index is -0.206. The summed E-state index contributed by atoms with van der Waals surface area (Å²) in [5, 5.41) is 2.77. The van der Waals surface area contributed by atoms with Gasteiger partial charge in [-0.15, -0.1) is 0 Å². The molecule has 0 aliphatic carbocycles. The number of rotatable bonds is 8. The molecule has 0 unspecified atom stereocenters. The van der Waals surface area contributed by atoms with Gasteiger partial charge in [0.1, 0.15) is 17.8 Å². The summed E-state index contributed by atoms with van der Waals surface area (Å²) in [7, 11) is 0. The zero-order valence-corrected chi connectivity index (χ0v) is 13.8. The van der Waals surface area contributed by atoms with Crippen LogP contribution in [-0.4, -0.2) is 24.9 Å². The first-order valence-corrected chi connectivity index (χ1v) is 7.82. The van der Waals surface area contributed by atoms with Crippen molar-refractivity contribution in [2.75, 3.05) is 11.9 Å². The van der Waals surface area contributed by atoms with Crippen molar-refractivity contribution in [3.8, 4) is 11.5 Å². The summed E-state index contributed by atoms with van der Waals surface area (Å²) in [6.07, 6.45) is 0.887. The van der Waals surface area contributed by atoms with Crippen LogP contribution < -0.4 is 14.8 Å². The molecule has 0 aliphatic rings. The van der Waals surface area contributed by atoms with E-state index in [1.165, 1.54) is 0 Å². The molecule has 0 bridgehead atoms. The number of carbonyl (C=O) groups is 2. The molecular weight excluding hydrogens is 306 g/mol. The van der Waals surface area contributed by atoms with Crippen molar-refractivity contribution in [3.63, 3.8) is 0 Å². The van der Waals surface area contributed by atoms with Crippen molar-refractivity contribution in [1.82, 2.24) is 0 Å². The second-order valence-electron chi connectivity index (χ2n) is 5.50. The van der Waals surface area contributed by atoms with Gasteiger partial charge >= 0.3 is 0 Å². The number of amides is 1. The number of anilines is 1. The molecule has 0 atom stereocenters. The third-order valence-electron chi connectivity index (χ3n) is 3.12. The summed E-state index contributed by atoms with van der Waals surface area (Å²) in [5.41, 5.74) is 0.958. The van der Waals surface area contributed by atoms with E-state index in [2.05, 4.69) is 5.32 Å². The number of nitrogens with one attached hydrogen (secondary N) is 1. The second-order valence-corrected chi connectivity index (χ2v) is 5.50. The molecule has 2 aromatic rings. The molecule has 0 saturated heterocycles. The normalized spacial score (nSPS) is 10.3. The van der Waals surface area contributed by atoms with Gasteiger partial charge in [-0.1, -0.05) is 18.2 Å².